The molecule has 0 amide bonds. The highest BCUT2D eigenvalue weighted by molar-refractivity contribution is 5.93. The van der Waals surface area contributed by atoms with Gasteiger partial charge in [-0.15, -0.1) is 0 Å². The van der Waals surface area contributed by atoms with Crippen molar-refractivity contribution in [2.24, 2.45) is 0 Å². The van der Waals surface area contributed by atoms with E-state index in [9.17, 15) is 14.7 Å². The number of phenols is 1. The molecule has 0 fully saturated rings. The van der Waals surface area contributed by atoms with Crippen molar-refractivity contribution in [2.45, 2.75) is 6.92 Å². The Morgan fingerprint density at radius 3 is 2.50 bits per heavy atom. The number of rotatable bonds is 6. The molecule has 0 aliphatic rings. The summed E-state index contributed by atoms with van der Waals surface area (Å²) >= 11 is 0. The van der Waals surface area contributed by atoms with Crippen LogP contribution in [0.5, 0.6) is 11.5 Å². The average Bonchev–Trinajstić information content (AvgIpc) is 2.60. The van der Waals surface area contributed by atoms with Crippen LogP contribution in [0.25, 0.3) is 17.2 Å². The van der Waals surface area contributed by atoms with E-state index in [1.54, 1.807) is 44.4 Å². The Morgan fingerprint density at radius 1 is 1.12 bits per heavy atom. The van der Waals surface area contributed by atoms with Crippen LogP contribution in [-0.4, -0.2) is 31.1 Å². The lowest BCUT2D eigenvalue weighted by atomic mass is 9.95. The lowest BCUT2D eigenvalue weighted by Gasteiger charge is -2.11. The Kier molecular flexibility index (Phi) is 5.73. The van der Waals surface area contributed by atoms with E-state index in [0.717, 1.165) is 5.56 Å². The fourth-order valence-electron chi connectivity index (χ4n) is 2.29. The Labute approximate surface area is 140 Å². The molecular weight excluding hydrogens is 308 g/mol. The summed E-state index contributed by atoms with van der Waals surface area (Å²) < 4.78 is 10.1. The van der Waals surface area contributed by atoms with E-state index >= 15 is 0 Å². The maximum absolute atomic E-state index is 11.6. The number of hydrogen-bond donors (Lipinski definition) is 1. The van der Waals surface area contributed by atoms with Gasteiger partial charge in [0.1, 0.15) is 11.5 Å². The highest BCUT2D eigenvalue weighted by atomic mass is 16.5. The standard InChI is InChI=1S/C19H18O5/c1-3-24-19(22)9-4-13-11-16(23-2)6-8-17(13)18-7-5-15(21)10-14(18)12-20/h4-12,21H,3H2,1-2H3/b9-4+. The van der Waals surface area contributed by atoms with Gasteiger partial charge in [-0.3, -0.25) is 4.79 Å². The maximum atomic E-state index is 11.6. The second-order valence-electron chi connectivity index (χ2n) is 4.93. The second kappa shape index (κ2) is 7.97. The summed E-state index contributed by atoms with van der Waals surface area (Å²) in [7, 11) is 1.55. The largest absolute Gasteiger partial charge is 0.508 e. The van der Waals surface area contributed by atoms with Gasteiger partial charge < -0.3 is 14.6 Å². The Bertz CT molecular complexity index is 777. The number of aldehydes is 1. The molecule has 0 saturated heterocycles. The predicted molar refractivity (Wildman–Crippen MR) is 91.1 cm³/mol. The van der Waals surface area contributed by atoms with Gasteiger partial charge in [0.05, 0.1) is 13.7 Å². The monoisotopic (exact) mass is 326 g/mol. The summed E-state index contributed by atoms with van der Waals surface area (Å²) in [6, 6.07) is 9.87. The van der Waals surface area contributed by atoms with E-state index < -0.39 is 5.97 Å². The van der Waals surface area contributed by atoms with Crippen molar-refractivity contribution < 1.29 is 24.2 Å². The molecule has 0 atom stereocenters. The molecule has 2 aromatic carbocycles. The van der Waals surface area contributed by atoms with Crippen LogP contribution >= 0.6 is 0 Å². The first-order valence-electron chi connectivity index (χ1n) is 7.40. The highest BCUT2D eigenvalue weighted by Crippen LogP contribution is 2.32. The smallest absolute Gasteiger partial charge is 0.330 e. The second-order valence-corrected chi connectivity index (χ2v) is 4.93. The van der Waals surface area contributed by atoms with Gasteiger partial charge >= 0.3 is 5.97 Å². The molecule has 2 aromatic rings. The molecule has 0 heterocycles. The third-order valence-corrected chi connectivity index (χ3v) is 3.40. The molecule has 5 heteroatoms. The third-order valence-electron chi connectivity index (χ3n) is 3.40. The van der Waals surface area contributed by atoms with Crippen molar-refractivity contribution in [3.05, 3.63) is 53.6 Å². The zero-order chi connectivity index (χ0) is 17.5. The lowest BCUT2D eigenvalue weighted by Crippen LogP contribution is -1.99. The number of benzene rings is 2. The van der Waals surface area contributed by atoms with Crippen molar-refractivity contribution >= 4 is 18.3 Å². The molecule has 0 aliphatic heterocycles. The van der Waals surface area contributed by atoms with Crippen LogP contribution in [0.4, 0.5) is 0 Å². The maximum Gasteiger partial charge on any atom is 0.330 e. The molecule has 0 radical (unpaired) electrons. The van der Waals surface area contributed by atoms with Gasteiger partial charge in [0, 0.05) is 11.6 Å². The van der Waals surface area contributed by atoms with Gasteiger partial charge in [-0.25, -0.2) is 4.79 Å². The van der Waals surface area contributed by atoms with Crippen LogP contribution in [0.1, 0.15) is 22.8 Å². The van der Waals surface area contributed by atoms with Gasteiger partial charge in [-0.05, 0) is 60.0 Å². The molecule has 2 rings (SSSR count). The number of methoxy groups -OCH3 is 1. The van der Waals surface area contributed by atoms with Crippen LogP contribution < -0.4 is 4.74 Å². The van der Waals surface area contributed by atoms with Gasteiger partial charge in [-0.2, -0.15) is 0 Å². The first-order valence-corrected chi connectivity index (χ1v) is 7.40. The number of ether oxygens (including phenoxy) is 2. The van der Waals surface area contributed by atoms with E-state index in [4.69, 9.17) is 9.47 Å². The molecule has 0 unspecified atom stereocenters. The van der Waals surface area contributed by atoms with Crippen LogP contribution in [0.15, 0.2) is 42.5 Å². The Balaban J connectivity index is 2.54. The van der Waals surface area contributed by atoms with E-state index in [2.05, 4.69) is 0 Å². The summed E-state index contributed by atoms with van der Waals surface area (Å²) in [5.74, 6) is 0.180. The van der Waals surface area contributed by atoms with Crippen molar-refractivity contribution in [1.29, 1.82) is 0 Å². The lowest BCUT2D eigenvalue weighted by molar-refractivity contribution is -0.137. The molecular formula is C19H18O5. The summed E-state index contributed by atoms with van der Waals surface area (Å²) in [6.45, 7) is 2.02. The minimum atomic E-state index is -0.451. The zero-order valence-electron chi connectivity index (χ0n) is 13.5. The summed E-state index contributed by atoms with van der Waals surface area (Å²) in [6.07, 6.45) is 3.61. The average molecular weight is 326 g/mol. The third kappa shape index (κ3) is 4.01. The van der Waals surface area contributed by atoms with Gasteiger partial charge in [0.15, 0.2) is 6.29 Å². The minimum Gasteiger partial charge on any atom is -0.508 e. The SMILES string of the molecule is CCOC(=O)/C=C/c1cc(OC)ccc1-c1ccc(O)cc1C=O. The van der Waals surface area contributed by atoms with Crippen molar-refractivity contribution in [2.75, 3.05) is 13.7 Å². The fourth-order valence-corrected chi connectivity index (χ4v) is 2.29. The highest BCUT2D eigenvalue weighted by Gasteiger charge is 2.10. The van der Waals surface area contributed by atoms with Crippen LogP contribution in [0.2, 0.25) is 0 Å². The summed E-state index contributed by atoms with van der Waals surface area (Å²) in [5.41, 5.74) is 2.43. The molecule has 0 aliphatic carbocycles. The quantitative estimate of drug-likeness (QED) is 0.500. The molecule has 24 heavy (non-hydrogen) atoms. The fraction of sp³-hybridized carbons (Fsp3) is 0.158. The summed E-state index contributed by atoms with van der Waals surface area (Å²) in [5, 5.41) is 9.55. The predicted octanol–water partition coefficient (Wildman–Crippen LogP) is 3.46. The minimum absolute atomic E-state index is 0.0120. The Hall–Kier alpha value is -3.08. The van der Waals surface area contributed by atoms with E-state index in [-0.39, 0.29) is 5.75 Å². The number of esters is 1. The summed E-state index contributed by atoms with van der Waals surface area (Å²) in [4.78, 5) is 22.9. The molecule has 0 saturated carbocycles. The van der Waals surface area contributed by atoms with Crippen molar-refractivity contribution in [1.82, 2.24) is 0 Å². The van der Waals surface area contributed by atoms with Crippen LogP contribution in [0, 0.1) is 0 Å². The number of hydrogen-bond acceptors (Lipinski definition) is 5. The number of aromatic hydroxyl groups is 1. The van der Waals surface area contributed by atoms with E-state index in [1.807, 2.05) is 0 Å². The molecule has 0 bridgehead atoms. The molecule has 1 N–H and O–H groups in total. The van der Waals surface area contributed by atoms with Crippen LogP contribution in [0.3, 0.4) is 0 Å². The topological polar surface area (TPSA) is 72.8 Å². The molecule has 0 spiro atoms. The zero-order valence-corrected chi connectivity index (χ0v) is 13.5. The van der Waals surface area contributed by atoms with E-state index in [1.165, 1.54) is 18.2 Å². The van der Waals surface area contributed by atoms with Crippen LogP contribution in [-0.2, 0) is 9.53 Å². The van der Waals surface area contributed by atoms with Gasteiger partial charge in [0.2, 0.25) is 0 Å². The first kappa shape index (κ1) is 17.3. The number of phenolic OH excluding ortho intramolecular Hbond substituents is 1. The van der Waals surface area contributed by atoms with Gasteiger partial charge in [0.25, 0.3) is 0 Å². The number of carbonyl (C=O) groups is 2. The molecule has 0 aromatic heterocycles. The normalized spacial score (nSPS) is 10.6. The van der Waals surface area contributed by atoms with E-state index in [0.29, 0.717) is 35.3 Å². The molecule has 5 nitrogen and oxygen atoms in total. The number of carbonyl (C=O) groups excluding carboxylic acids is 2. The van der Waals surface area contributed by atoms with Crippen molar-refractivity contribution in [3.8, 4) is 22.6 Å². The Morgan fingerprint density at radius 2 is 1.83 bits per heavy atom. The van der Waals surface area contributed by atoms with Gasteiger partial charge in [-0.1, -0.05) is 6.07 Å². The molecule has 124 valence electrons. The first-order chi connectivity index (χ1) is 11.6. The van der Waals surface area contributed by atoms with Crippen molar-refractivity contribution in [3.63, 3.8) is 0 Å².